The molecule has 4 heteroatoms. The smallest absolute Gasteiger partial charge is 0.0644 e. The lowest BCUT2D eigenvalue weighted by molar-refractivity contribution is 0.266. The number of aliphatic hydroxyl groups is 1. The molecule has 1 aromatic heterocycles. The van der Waals surface area contributed by atoms with Gasteiger partial charge < -0.3 is 10.8 Å². The topological polar surface area (TPSA) is 64.1 Å². The summed E-state index contributed by atoms with van der Waals surface area (Å²) >= 11 is 0. The number of benzene rings is 1. The molecule has 1 atom stereocenters. The second-order valence-corrected chi connectivity index (χ2v) is 5.31. The highest BCUT2D eigenvalue weighted by molar-refractivity contribution is 5.38. The minimum Gasteiger partial charge on any atom is -0.394 e. The van der Waals surface area contributed by atoms with Crippen LogP contribution in [0.25, 0.3) is 0 Å². The number of hydrogen-bond donors (Lipinski definition) is 2. The zero-order valence-corrected chi connectivity index (χ0v) is 12.4. The molecule has 20 heavy (non-hydrogen) atoms. The predicted molar refractivity (Wildman–Crippen MR) is 80.9 cm³/mol. The van der Waals surface area contributed by atoms with Gasteiger partial charge in [0.25, 0.3) is 0 Å². The van der Waals surface area contributed by atoms with E-state index in [1.165, 1.54) is 16.7 Å². The summed E-state index contributed by atoms with van der Waals surface area (Å²) in [7, 11) is 0. The van der Waals surface area contributed by atoms with Gasteiger partial charge in [-0.2, -0.15) is 5.10 Å². The largest absolute Gasteiger partial charge is 0.394 e. The summed E-state index contributed by atoms with van der Waals surface area (Å²) in [5.74, 6) is 0.114. The zero-order valence-electron chi connectivity index (χ0n) is 12.4. The van der Waals surface area contributed by atoms with E-state index in [1.807, 2.05) is 11.6 Å². The van der Waals surface area contributed by atoms with Crippen molar-refractivity contribution in [3.8, 4) is 0 Å². The molecule has 4 nitrogen and oxygen atoms in total. The highest BCUT2D eigenvalue weighted by Gasteiger charge is 2.19. The third-order valence-electron chi connectivity index (χ3n) is 3.64. The lowest BCUT2D eigenvalue weighted by Crippen LogP contribution is -2.20. The van der Waals surface area contributed by atoms with Gasteiger partial charge in [-0.15, -0.1) is 0 Å². The van der Waals surface area contributed by atoms with Gasteiger partial charge in [-0.3, -0.25) is 4.68 Å². The number of hydrogen-bond acceptors (Lipinski definition) is 3. The van der Waals surface area contributed by atoms with Crippen LogP contribution in [0.4, 0.5) is 0 Å². The van der Waals surface area contributed by atoms with Gasteiger partial charge in [-0.1, -0.05) is 23.8 Å². The number of nitrogens with two attached hydrogens (primary N) is 1. The molecule has 0 saturated carbocycles. The normalized spacial score (nSPS) is 12.7. The quantitative estimate of drug-likeness (QED) is 0.874. The Bertz CT molecular complexity index is 589. The van der Waals surface area contributed by atoms with Gasteiger partial charge in [-0.25, -0.2) is 0 Å². The maximum atomic E-state index is 9.18. The molecule has 2 rings (SSSR count). The third-order valence-corrected chi connectivity index (χ3v) is 3.64. The van der Waals surface area contributed by atoms with Crippen LogP contribution in [0.2, 0.25) is 0 Å². The van der Waals surface area contributed by atoms with E-state index in [0.717, 1.165) is 11.4 Å². The van der Waals surface area contributed by atoms with Gasteiger partial charge in [0.05, 0.1) is 18.8 Å². The summed E-state index contributed by atoms with van der Waals surface area (Å²) in [5.41, 5.74) is 11.8. The van der Waals surface area contributed by atoms with Crippen molar-refractivity contribution in [3.05, 3.63) is 52.3 Å². The van der Waals surface area contributed by atoms with Gasteiger partial charge in [-0.05, 0) is 38.0 Å². The average Bonchev–Trinajstić information content (AvgIpc) is 2.74. The predicted octanol–water partition coefficient (Wildman–Crippen LogP) is 1.89. The number of aryl methyl sites for hydroxylation is 3. The molecular formula is C16H23N3O. The molecule has 0 aliphatic rings. The van der Waals surface area contributed by atoms with Crippen molar-refractivity contribution in [1.82, 2.24) is 9.78 Å². The monoisotopic (exact) mass is 273 g/mol. The lowest BCUT2D eigenvalue weighted by atomic mass is 9.91. The Labute approximate surface area is 120 Å². The van der Waals surface area contributed by atoms with Gasteiger partial charge in [0.1, 0.15) is 0 Å². The van der Waals surface area contributed by atoms with Crippen molar-refractivity contribution >= 4 is 0 Å². The van der Waals surface area contributed by atoms with Crippen LogP contribution in [0.15, 0.2) is 24.3 Å². The molecule has 0 aliphatic carbocycles. The Kier molecular flexibility index (Phi) is 4.57. The number of aromatic nitrogens is 2. The van der Waals surface area contributed by atoms with E-state index in [9.17, 15) is 5.11 Å². The van der Waals surface area contributed by atoms with E-state index >= 15 is 0 Å². The fourth-order valence-electron chi connectivity index (χ4n) is 2.74. The van der Waals surface area contributed by atoms with E-state index in [0.29, 0.717) is 13.1 Å². The first-order chi connectivity index (χ1) is 9.56. The molecule has 0 saturated heterocycles. The Morgan fingerprint density at radius 2 is 2.00 bits per heavy atom. The van der Waals surface area contributed by atoms with Gasteiger partial charge in [0.15, 0.2) is 0 Å². The fourth-order valence-corrected chi connectivity index (χ4v) is 2.74. The Balaban J connectivity index is 2.46. The number of rotatable bonds is 5. The first kappa shape index (κ1) is 14.8. The SMILES string of the molecule is Cc1ccc(C(CN)c2cc(C)nn2CCO)c(C)c1. The minimum atomic E-state index is 0.0816. The Morgan fingerprint density at radius 3 is 2.60 bits per heavy atom. The summed E-state index contributed by atoms with van der Waals surface area (Å²) in [6.07, 6.45) is 0. The average molecular weight is 273 g/mol. The lowest BCUT2D eigenvalue weighted by Gasteiger charge is -2.19. The van der Waals surface area contributed by atoms with E-state index < -0.39 is 0 Å². The maximum Gasteiger partial charge on any atom is 0.0644 e. The van der Waals surface area contributed by atoms with Crippen LogP contribution in [-0.4, -0.2) is 28.0 Å². The second kappa shape index (κ2) is 6.20. The molecule has 108 valence electrons. The van der Waals surface area contributed by atoms with Crippen LogP contribution in [0.5, 0.6) is 0 Å². The van der Waals surface area contributed by atoms with E-state index in [1.54, 1.807) is 0 Å². The number of nitrogens with zero attached hydrogens (tertiary/aromatic N) is 2. The summed E-state index contributed by atoms with van der Waals surface area (Å²) < 4.78 is 1.87. The van der Waals surface area contributed by atoms with Crippen molar-refractivity contribution in [2.75, 3.05) is 13.2 Å². The molecule has 1 heterocycles. The van der Waals surface area contributed by atoms with Crippen molar-refractivity contribution in [2.24, 2.45) is 5.73 Å². The molecular weight excluding hydrogens is 250 g/mol. The summed E-state index contributed by atoms with van der Waals surface area (Å²) in [5, 5.41) is 13.6. The van der Waals surface area contributed by atoms with Crippen LogP contribution in [-0.2, 0) is 6.54 Å². The molecule has 1 aromatic carbocycles. The Morgan fingerprint density at radius 1 is 1.25 bits per heavy atom. The minimum absolute atomic E-state index is 0.0816. The van der Waals surface area contributed by atoms with E-state index in [-0.39, 0.29) is 12.5 Å². The van der Waals surface area contributed by atoms with Gasteiger partial charge >= 0.3 is 0 Å². The van der Waals surface area contributed by atoms with Crippen LogP contribution < -0.4 is 5.73 Å². The van der Waals surface area contributed by atoms with E-state index in [4.69, 9.17) is 5.73 Å². The molecule has 0 bridgehead atoms. The Hall–Kier alpha value is -1.65. The summed E-state index contributed by atoms with van der Waals surface area (Å²) in [4.78, 5) is 0. The van der Waals surface area contributed by atoms with Crippen LogP contribution in [0, 0.1) is 20.8 Å². The van der Waals surface area contributed by atoms with Crippen molar-refractivity contribution in [1.29, 1.82) is 0 Å². The molecule has 3 N–H and O–H groups in total. The molecule has 1 unspecified atom stereocenters. The maximum absolute atomic E-state index is 9.18. The fraction of sp³-hybridized carbons (Fsp3) is 0.438. The summed E-state index contributed by atoms with van der Waals surface area (Å²) in [6.45, 7) is 7.29. The third kappa shape index (κ3) is 2.92. The van der Waals surface area contributed by atoms with Gasteiger partial charge in [0.2, 0.25) is 0 Å². The second-order valence-electron chi connectivity index (χ2n) is 5.31. The molecule has 0 radical (unpaired) electrons. The molecule has 0 fully saturated rings. The van der Waals surface area contributed by atoms with E-state index in [2.05, 4.69) is 43.2 Å². The first-order valence-electron chi connectivity index (χ1n) is 6.99. The van der Waals surface area contributed by atoms with Crippen molar-refractivity contribution in [3.63, 3.8) is 0 Å². The molecule has 0 amide bonds. The van der Waals surface area contributed by atoms with Crippen LogP contribution in [0.3, 0.4) is 0 Å². The molecule has 0 spiro atoms. The summed E-state index contributed by atoms with van der Waals surface area (Å²) in [6, 6.07) is 8.50. The van der Waals surface area contributed by atoms with Crippen molar-refractivity contribution < 1.29 is 5.11 Å². The van der Waals surface area contributed by atoms with Crippen LogP contribution >= 0.6 is 0 Å². The molecule has 0 aliphatic heterocycles. The van der Waals surface area contributed by atoms with Crippen LogP contribution in [0.1, 0.15) is 34.0 Å². The standard InChI is InChI=1S/C16H23N3O/c1-11-4-5-14(12(2)8-11)15(10-17)16-9-13(3)18-19(16)6-7-20/h4-5,8-9,15,20H,6-7,10,17H2,1-3H3. The van der Waals surface area contributed by atoms with Gasteiger partial charge in [0, 0.05) is 18.2 Å². The molecule has 2 aromatic rings. The highest BCUT2D eigenvalue weighted by Crippen LogP contribution is 2.27. The van der Waals surface area contributed by atoms with Crippen molar-refractivity contribution in [2.45, 2.75) is 33.2 Å². The zero-order chi connectivity index (χ0) is 14.7. The number of aliphatic hydroxyl groups excluding tert-OH is 1. The first-order valence-corrected chi connectivity index (χ1v) is 6.99. The highest BCUT2D eigenvalue weighted by atomic mass is 16.3.